The SMILES string of the molecule is C=CCOC1(C)CCN(c2c(C(OC(C)(C)C)C(=O)O)c(C)cc3nc(-c4cccc(-c5cccc(F)c5)c4O)cn23)CC1. The Hall–Kier alpha value is -4.21. The number of ether oxygens (including phenoxy) is 2. The number of aromatic hydroxyl groups is 1. The van der Waals surface area contributed by atoms with Crippen molar-refractivity contribution >= 4 is 17.4 Å². The molecule has 1 fully saturated rings. The van der Waals surface area contributed by atoms with Crippen molar-refractivity contribution in [2.24, 2.45) is 0 Å². The molecule has 0 bridgehead atoms. The lowest BCUT2D eigenvalue weighted by atomic mass is 9.92. The summed E-state index contributed by atoms with van der Waals surface area (Å²) in [5.41, 5.74) is 2.84. The number of carboxylic acid groups (broad SMARTS) is 1. The number of benzene rings is 2. The number of carboxylic acids is 1. The number of piperidine rings is 1. The summed E-state index contributed by atoms with van der Waals surface area (Å²) in [5.74, 6) is -0.819. The van der Waals surface area contributed by atoms with E-state index in [0.29, 0.717) is 59.1 Å². The number of imidazole rings is 1. The number of carbonyl (C=O) groups is 1. The molecule has 2 aromatic heterocycles. The number of rotatable bonds is 9. The van der Waals surface area contributed by atoms with E-state index in [1.807, 2.05) is 44.4 Å². The first-order valence-corrected chi connectivity index (χ1v) is 14.8. The second-order valence-electron chi connectivity index (χ2n) is 12.6. The second-order valence-corrected chi connectivity index (χ2v) is 12.6. The molecule has 2 aromatic carbocycles. The van der Waals surface area contributed by atoms with Gasteiger partial charge in [-0.2, -0.15) is 0 Å². The van der Waals surface area contributed by atoms with Gasteiger partial charge in [-0.05, 0) is 82.9 Å². The number of nitrogens with zero attached hydrogens (tertiary/aromatic N) is 3. The number of hydrogen-bond acceptors (Lipinski definition) is 6. The maximum absolute atomic E-state index is 14.0. The highest BCUT2D eigenvalue weighted by Crippen LogP contribution is 2.41. The van der Waals surface area contributed by atoms with Gasteiger partial charge in [-0.25, -0.2) is 14.2 Å². The molecule has 3 heterocycles. The highest BCUT2D eigenvalue weighted by molar-refractivity contribution is 5.83. The number of para-hydroxylation sites is 1. The summed E-state index contributed by atoms with van der Waals surface area (Å²) >= 11 is 0. The monoisotopic (exact) mass is 601 g/mol. The molecule has 1 aliphatic rings. The van der Waals surface area contributed by atoms with Crippen molar-refractivity contribution in [3.63, 3.8) is 0 Å². The Kier molecular flexibility index (Phi) is 8.55. The fraction of sp³-hybridized carbons (Fsp3) is 0.371. The van der Waals surface area contributed by atoms with Crippen LogP contribution in [-0.4, -0.2) is 56.5 Å². The Morgan fingerprint density at radius 2 is 1.84 bits per heavy atom. The van der Waals surface area contributed by atoms with Crippen LogP contribution < -0.4 is 4.90 Å². The van der Waals surface area contributed by atoms with Crippen molar-refractivity contribution in [2.75, 3.05) is 24.6 Å². The predicted molar refractivity (Wildman–Crippen MR) is 170 cm³/mol. The van der Waals surface area contributed by atoms with Gasteiger partial charge in [-0.1, -0.05) is 30.3 Å². The number of aliphatic carboxylic acids is 1. The van der Waals surface area contributed by atoms with Crippen LogP contribution in [-0.2, 0) is 14.3 Å². The van der Waals surface area contributed by atoms with E-state index in [4.69, 9.17) is 14.5 Å². The molecule has 1 aliphatic heterocycles. The maximum Gasteiger partial charge on any atom is 0.337 e. The van der Waals surface area contributed by atoms with E-state index in [9.17, 15) is 19.4 Å². The van der Waals surface area contributed by atoms with Crippen LogP contribution in [0.4, 0.5) is 10.2 Å². The van der Waals surface area contributed by atoms with Crippen LogP contribution in [0.5, 0.6) is 5.75 Å². The van der Waals surface area contributed by atoms with Crippen LogP contribution in [0.25, 0.3) is 28.0 Å². The summed E-state index contributed by atoms with van der Waals surface area (Å²) < 4.78 is 28.2. The molecule has 44 heavy (non-hydrogen) atoms. The van der Waals surface area contributed by atoms with Crippen molar-refractivity contribution in [3.05, 3.63) is 84.3 Å². The summed E-state index contributed by atoms with van der Waals surface area (Å²) in [6, 6.07) is 13.2. The van der Waals surface area contributed by atoms with Gasteiger partial charge < -0.3 is 24.6 Å². The first kappa shape index (κ1) is 31.2. The summed E-state index contributed by atoms with van der Waals surface area (Å²) in [4.78, 5) is 19.8. The van der Waals surface area contributed by atoms with E-state index in [1.54, 1.807) is 36.4 Å². The first-order valence-electron chi connectivity index (χ1n) is 14.8. The molecule has 2 N–H and O–H groups in total. The third-order valence-electron chi connectivity index (χ3n) is 8.05. The Bertz CT molecular complexity index is 1700. The predicted octanol–water partition coefficient (Wildman–Crippen LogP) is 7.32. The Labute approximate surface area is 257 Å². The van der Waals surface area contributed by atoms with Gasteiger partial charge in [0.1, 0.15) is 23.0 Å². The zero-order valence-electron chi connectivity index (χ0n) is 25.9. The highest BCUT2D eigenvalue weighted by atomic mass is 19.1. The summed E-state index contributed by atoms with van der Waals surface area (Å²) in [7, 11) is 0. The van der Waals surface area contributed by atoms with Gasteiger partial charge in [0, 0.05) is 36.0 Å². The zero-order valence-corrected chi connectivity index (χ0v) is 25.9. The first-order chi connectivity index (χ1) is 20.8. The lowest BCUT2D eigenvalue weighted by Crippen LogP contribution is -2.45. The third kappa shape index (κ3) is 6.34. The minimum Gasteiger partial charge on any atom is -0.507 e. The topological polar surface area (TPSA) is 96.5 Å². The van der Waals surface area contributed by atoms with Crippen LogP contribution >= 0.6 is 0 Å². The fourth-order valence-corrected chi connectivity index (χ4v) is 5.84. The van der Waals surface area contributed by atoms with Crippen molar-refractivity contribution in [3.8, 4) is 28.1 Å². The molecule has 0 spiro atoms. The van der Waals surface area contributed by atoms with E-state index in [0.717, 1.165) is 18.4 Å². The van der Waals surface area contributed by atoms with Gasteiger partial charge in [0.05, 0.1) is 23.5 Å². The molecule has 0 saturated carbocycles. The molecular formula is C35H40FN3O5. The van der Waals surface area contributed by atoms with Gasteiger partial charge in [0.2, 0.25) is 0 Å². The molecule has 0 amide bonds. The van der Waals surface area contributed by atoms with Gasteiger partial charge in [-0.15, -0.1) is 6.58 Å². The number of hydrogen-bond donors (Lipinski definition) is 2. The molecule has 8 nitrogen and oxygen atoms in total. The van der Waals surface area contributed by atoms with Crippen molar-refractivity contribution < 1.29 is 28.9 Å². The smallest absolute Gasteiger partial charge is 0.337 e. The van der Waals surface area contributed by atoms with Gasteiger partial charge in [0.15, 0.2) is 6.10 Å². The maximum atomic E-state index is 14.0. The highest BCUT2D eigenvalue weighted by Gasteiger charge is 2.37. The average molecular weight is 602 g/mol. The fourth-order valence-electron chi connectivity index (χ4n) is 5.84. The number of aryl methyl sites for hydroxylation is 1. The van der Waals surface area contributed by atoms with E-state index in [-0.39, 0.29) is 11.4 Å². The van der Waals surface area contributed by atoms with E-state index in [1.165, 1.54) is 12.1 Å². The van der Waals surface area contributed by atoms with Gasteiger partial charge >= 0.3 is 5.97 Å². The number of halogens is 1. The Morgan fingerprint density at radius 3 is 2.48 bits per heavy atom. The quantitative estimate of drug-likeness (QED) is 0.194. The lowest BCUT2D eigenvalue weighted by molar-refractivity contribution is -0.160. The standard InChI is InChI=1S/C35H40FN3O5/c1-7-18-43-35(6)14-16-38(17-15-35)32-29(31(33(41)42)44-34(3,4)5)22(2)19-28-37-27(21-39(28)32)26-13-9-12-25(30(26)40)23-10-8-11-24(36)20-23/h7-13,19-21,31,40H,1,14-18H2,2-6H3,(H,41,42). The number of pyridine rings is 1. The molecule has 4 aromatic rings. The van der Waals surface area contributed by atoms with E-state index < -0.39 is 23.5 Å². The number of phenolic OH excluding ortho intramolecular Hbond substituents is 1. The molecule has 1 atom stereocenters. The van der Waals surface area contributed by atoms with Crippen molar-refractivity contribution in [1.82, 2.24) is 9.38 Å². The molecular weight excluding hydrogens is 561 g/mol. The van der Waals surface area contributed by atoms with Crippen LogP contribution in [0, 0.1) is 12.7 Å². The number of anilines is 1. The molecule has 0 aliphatic carbocycles. The molecule has 0 radical (unpaired) electrons. The van der Waals surface area contributed by atoms with Crippen molar-refractivity contribution in [1.29, 1.82) is 0 Å². The van der Waals surface area contributed by atoms with E-state index in [2.05, 4.69) is 18.4 Å². The molecule has 1 saturated heterocycles. The molecule has 5 rings (SSSR count). The largest absolute Gasteiger partial charge is 0.507 e. The van der Waals surface area contributed by atoms with Crippen LogP contribution in [0.3, 0.4) is 0 Å². The summed E-state index contributed by atoms with van der Waals surface area (Å²) in [5, 5.41) is 21.8. The normalized spacial score (nSPS) is 15.8. The van der Waals surface area contributed by atoms with Gasteiger partial charge in [-0.3, -0.25) is 4.40 Å². The molecule has 232 valence electrons. The number of fused-ring (bicyclic) bond motifs is 1. The summed E-state index contributed by atoms with van der Waals surface area (Å²) in [6.45, 7) is 14.9. The van der Waals surface area contributed by atoms with E-state index >= 15 is 0 Å². The Morgan fingerprint density at radius 1 is 1.16 bits per heavy atom. The Balaban J connectivity index is 1.67. The minimum atomic E-state index is -1.23. The van der Waals surface area contributed by atoms with Crippen molar-refractivity contribution in [2.45, 2.75) is 64.8 Å². The van der Waals surface area contributed by atoms with Crippen LogP contribution in [0.1, 0.15) is 57.8 Å². The van der Waals surface area contributed by atoms with Gasteiger partial charge in [0.25, 0.3) is 0 Å². The average Bonchev–Trinajstić information content (AvgIpc) is 3.37. The molecule has 9 heteroatoms. The third-order valence-corrected chi connectivity index (χ3v) is 8.05. The summed E-state index contributed by atoms with van der Waals surface area (Å²) in [6.07, 6.45) is 3.79. The number of phenols is 1. The molecule has 1 unspecified atom stereocenters. The van der Waals surface area contributed by atoms with Crippen LogP contribution in [0.2, 0.25) is 0 Å². The number of aromatic nitrogens is 2. The lowest BCUT2D eigenvalue weighted by Gasteiger charge is -2.41. The van der Waals surface area contributed by atoms with Crippen LogP contribution in [0.15, 0.2) is 67.4 Å². The second kappa shape index (κ2) is 12.1. The minimum absolute atomic E-state index is 0.0208. The zero-order chi connectivity index (χ0) is 31.8.